The van der Waals surface area contributed by atoms with Gasteiger partial charge < -0.3 is 20.9 Å². The number of fused-ring (bicyclic) bond motifs is 1. The SMILES string of the molecule is CCCC(=O)N1CCC[C@@H]1CNc1nc(C2=CNC3NC=CC=C23)ncc1F. The summed E-state index contributed by atoms with van der Waals surface area (Å²) in [6.45, 7) is 3.26. The summed E-state index contributed by atoms with van der Waals surface area (Å²) in [7, 11) is 0. The monoisotopic (exact) mass is 384 g/mol. The number of dihydropyridines is 1. The molecular weight excluding hydrogens is 359 g/mol. The van der Waals surface area contributed by atoms with Gasteiger partial charge in [-0.05, 0) is 31.5 Å². The summed E-state index contributed by atoms with van der Waals surface area (Å²) in [6.07, 6.45) is 12.1. The van der Waals surface area contributed by atoms with E-state index in [0.717, 1.165) is 37.0 Å². The van der Waals surface area contributed by atoms with Gasteiger partial charge in [-0.25, -0.2) is 14.4 Å². The second-order valence-electron chi connectivity index (χ2n) is 7.21. The van der Waals surface area contributed by atoms with Crippen LogP contribution in [0, 0.1) is 5.82 Å². The van der Waals surface area contributed by atoms with Gasteiger partial charge in [0.1, 0.15) is 6.17 Å². The van der Waals surface area contributed by atoms with E-state index in [0.29, 0.717) is 18.8 Å². The molecule has 2 atom stereocenters. The Labute approximate surface area is 163 Å². The maximum Gasteiger partial charge on any atom is 0.222 e. The minimum Gasteiger partial charge on any atom is -0.368 e. The van der Waals surface area contributed by atoms with Crippen molar-refractivity contribution in [2.24, 2.45) is 0 Å². The standard InChI is InChI=1S/C20H25FN6O/c1-2-5-17(28)27-9-4-6-13(27)10-23-20-16(21)12-25-19(26-20)15-11-24-18-14(15)7-3-8-22-18/h3,7-8,11-13,18,22,24H,2,4-6,9-10H2,1H3,(H,23,25,26)/t13-,18?/m1/s1. The Morgan fingerprint density at radius 2 is 2.32 bits per heavy atom. The molecule has 0 radical (unpaired) electrons. The number of likely N-dealkylation sites (tertiary alicyclic amines) is 1. The van der Waals surface area contributed by atoms with E-state index >= 15 is 0 Å². The van der Waals surface area contributed by atoms with Crippen LogP contribution in [-0.4, -0.2) is 46.1 Å². The zero-order chi connectivity index (χ0) is 19.5. The first-order valence-corrected chi connectivity index (χ1v) is 9.83. The molecule has 0 bridgehead atoms. The van der Waals surface area contributed by atoms with Crippen LogP contribution >= 0.6 is 0 Å². The van der Waals surface area contributed by atoms with Crippen molar-refractivity contribution in [2.45, 2.75) is 44.8 Å². The number of nitrogens with one attached hydrogen (secondary N) is 3. The lowest BCUT2D eigenvalue weighted by Gasteiger charge is -2.25. The number of hydrogen-bond donors (Lipinski definition) is 3. The number of amides is 1. The van der Waals surface area contributed by atoms with E-state index in [1.807, 2.05) is 36.4 Å². The molecule has 0 aliphatic carbocycles. The van der Waals surface area contributed by atoms with Crippen LogP contribution in [0.25, 0.3) is 5.57 Å². The Kier molecular flexibility index (Phi) is 5.27. The molecule has 1 aromatic heterocycles. The van der Waals surface area contributed by atoms with Gasteiger partial charge in [-0.15, -0.1) is 0 Å². The van der Waals surface area contributed by atoms with Crippen molar-refractivity contribution in [1.82, 2.24) is 25.5 Å². The summed E-state index contributed by atoms with van der Waals surface area (Å²) < 4.78 is 14.3. The molecule has 3 aliphatic heterocycles. The van der Waals surface area contributed by atoms with Gasteiger partial charge in [0.25, 0.3) is 0 Å². The molecule has 28 heavy (non-hydrogen) atoms. The Morgan fingerprint density at radius 3 is 3.18 bits per heavy atom. The van der Waals surface area contributed by atoms with E-state index < -0.39 is 5.82 Å². The summed E-state index contributed by atoms with van der Waals surface area (Å²) in [6, 6.07) is 0.0731. The van der Waals surface area contributed by atoms with Gasteiger partial charge >= 0.3 is 0 Å². The smallest absolute Gasteiger partial charge is 0.222 e. The van der Waals surface area contributed by atoms with Crippen LogP contribution in [0.5, 0.6) is 0 Å². The normalized spacial score (nSPS) is 22.9. The minimum atomic E-state index is -0.494. The number of rotatable bonds is 6. The molecule has 4 rings (SSSR count). The summed E-state index contributed by atoms with van der Waals surface area (Å²) in [5, 5.41) is 9.52. The Morgan fingerprint density at radius 1 is 1.43 bits per heavy atom. The highest BCUT2D eigenvalue weighted by molar-refractivity contribution is 5.80. The largest absolute Gasteiger partial charge is 0.368 e. The lowest BCUT2D eigenvalue weighted by molar-refractivity contribution is -0.131. The number of carbonyl (C=O) groups is 1. The molecule has 4 heterocycles. The van der Waals surface area contributed by atoms with Crippen LogP contribution in [-0.2, 0) is 4.79 Å². The molecule has 8 heteroatoms. The van der Waals surface area contributed by atoms with Gasteiger partial charge in [-0.2, -0.15) is 0 Å². The zero-order valence-electron chi connectivity index (χ0n) is 15.9. The number of allylic oxidation sites excluding steroid dienone is 2. The highest BCUT2D eigenvalue weighted by atomic mass is 19.1. The number of hydrogen-bond acceptors (Lipinski definition) is 6. The molecule has 1 unspecified atom stereocenters. The van der Waals surface area contributed by atoms with E-state index in [4.69, 9.17) is 0 Å². The van der Waals surface area contributed by atoms with E-state index in [9.17, 15) is 9.18 Å². The van der Waals surface area contributed by atoms with E-state index in [1.165, 1.54) is 6.20 Å². The predicted octanol–water partition coefficient (Wildman–Crippen LogP) is 2.13. The number of nitrogens with zero attached hydrogens (tertiary/aromatic N) is 3. The van der Waals surface area contributed by atoms with Crippen molar-refractivity contribution in [1.29, 1.82) is 0 Å². The number of halogens is 1. The molecule has 148 valence electrons. The third kappa shape index (κ3) is 3.58. The first-order valence-electron chi connectivity index (χ1n) is 9.83. The third-order valence-electron chi connectivity index (χ3n) is 5.30. The van der Waals surface area contributed by atoms with E-state index in [1.54, 1.807) is 0 Å². The van der Waals surface area contributed by atoms with E-state index in [2.05, 4.69) is 25.9 Å². The first kappa shape index (κ1) is 18.5. The average molecular weight is 384 g/mol. The van der Waals surface area contributed by atoms with Gasteiger partial charge in [0.05, 0.1) is 6.20 Å². The Bertz CT molecular complexity index is 849. The van der Waals surface area contributed by atoms with Gasteiger partial charge in [0.2, 0.25) is 5.91 Å². The third-order valence-corrected chi connectivity index (χ3v) is 5.30. The first-order chi connectivity index (χ1) is 13.7. The molecule has 7 nitrogen and oxygen atoms in total. The van der Waals surface area contributed by atoms with Crippen LogP contribution in [0.2, 0.25) is 0 Å². The summed E-state index contributed by atoms with van der Waals surface area (Å²) >= 11 is 0. The van der Waals surface area contributed by atoms with Crippen molar-refractivity contribution in [3.8, 4) is 0 Å². The molecule has 3 N–H and O–H groups in total. The number of anilines is 1. The Hall–Kier alpha value is -2.90. The Balaban J connectivity index is 1.47. The lowest BCUT2D eigenvalue weighted by Crippen LogP contribution is -2.39. The van der Waals surface area contributed by atoms with Crippen molar-refractivity contribution in [2.75, 3.05) is 18.4 Å². The van der Waals surface area contributed by atoms with E-state index in [-0.39, 0.29) is 23.9 Å². The average Bonchev–Trinajstić information content (AvgIpc) is 3.34. The molecule has 0 saturated carbocycles. The quantitative estimate of drug-likeness (QED) is 0.697. The van der Waals surface area contributed by atoms with Crippen LogP contribution < -0.4 is 16.0 Å². The molecule has 1 amide bonds. The number of carbonyl (C=O) groups excluding carboxylic acids is 1. The van der Waals surface area contributed by atoms with Crippen LogP contribution in [0.3, 0.4) is 0 Å². The van der Waals surface area contributed by atoms with Crippen LogP contribution in [0.1, 0.15) is 38.4 Å². The second-order valence-corrected chi connectivity index (χ2v) is 7.21. The molecule has 3 aliphatic rings. The van der Waals surface area contributed by atoms with Crippen molar-refractivity contribution < 1.29 is 9.18 Å². The zero-order valence-corrected chi connectivity index (χ0v) is 15.9. The summed E-state index contributed by atoms with van der Waals surface area (Å²) in [5.41, 5.74) is 1.86. The van der Waals surface area contributed by atoms with Gasteiger partial charge in [0.15, 0.2) is 17.5 Å². The van der Waals surface area contributed by atoms with Gasteiger partial charge in [-0.3, -0.25) is 4.79 Å². The fraction of sp³-hybridized carbons (Fsp3) is 0.450. The fourth-order valence-electron chi connectivity index (χ4n) is 3.89. The molecule has 0 aromatic carbocycles. The second kappa shape index (κ2) is 8.00. The molecule has 1 fully saturated rings. The summed E-state index contributed by atoms with van der Waals surface area (Å²) in [4.78, 5) is 22.8. The number of aromatic nitrogens is 2. The molecule has 1 saturated heterocycles. The summed E-state index contributed by atoms with van der Waals surface area (Å²) in [5.74, 6) is 0.317. The molecule has 1 aromatic rings. The minimum absolute atomic E-state index is 0.0123. The highest BCUT2D eigenvalue weighted by Gasteiger charge is 2.29. The highest BCUT2D eigenvalue weighted by Crippen LogP contribution is 2.29. The molecular formula is C20H25FN6O. The van der Waals surface area contributed by atoms with Gasteiger partial charge in [0, 0.05) is 42.9 Å². The van der Waals surface area contributed by atoms with Crippen LogP contribution in [0.4, 0.5) is 10.2 Å². The predicted molar refractivity (Wildman–Crippen MR) is 105 cm³/mol. The van der Waals surface area contributed by atoms with Crippen molar-refractivity contribution in [3.05, 3.63) is 48.0 Å². The maximum absolute atomic E-state index is 14.3. The van der Waals surface area contributed by atoms with Crippen molar-refractivity contribution >= 4 is 17.3 Å². The maximum atomic E-state index is 14.3. The molecule has 0 spiro atoms. The lowest BCUT2D eigenvalue weighted by atomic mass is 10.0. The van der Waals surface area contributed by atoms with Gasteiger partial charge in [-0.1, -0.05) is 13.0 Å². The van der Waals surface area contributed by atoms with Crippen LogP contribution in [0.15, 0.2) is 36.3 Å². The van der Waals surface area contributed by atoms with Crippen molar-refractivity contribution in [3.63, 3.8) is 0 Å². The topological polar surface area (TPSA) is 82.2 Å². The fourth-order valence-corrected chi connectivity index (χ4v) is 3.89.